The quantitative estimate of drug-likeness (QED) is 0.214. The molecule has 3 nitrogen and oxygen atoms in total. The average molecular weight is 564 g/mol. The van der Waals surface area contributed by atoms with Crippen LogP contribution in [0.4, 0.5) is 0 Å². The maximum Gasteiger partial charge on any atom is 0.235 e. The Morgan fingerprint density at radius 3 is 1.82 bits per heavy atom. The SMILES string of the molecule is CC1(C)c2ccccc2-c2cc3cc4c(cc3cc21)c1ccccc1n4-c1nc(-c2ccccc2)cc(-c2ccccc2)n1. The highest BCUT2D eigenvalue weighted by molar-refractivity contribution is 6.14. The van der Waals surface area contributed by atoms with Gasteiger partial charge in [0.05, 0.1) is 22.4 Å². The number of nitrogens with zero attached hydrogens (tertiary/aromatic N) is 3. The molecule has 208 valence electrons. The number of hydrogen-bond donors (Lipinski definition) is 0. The van der Waals surface area contributed by atoms with E-state index in [9.17, 15) is 0 Å². The molecule has 0 bridgehead atoms. The predicted molar refractivity (Wildman–Crippen MR) is 182 cm³/mol. The van der Waals surface area contributed by atoms with Crippen LogP contribution in [0.25, 0.3) is 72.2 Å². The summed E-state index contributed by atoms with van der Waals surface area (Å²) in [6, 6.07) is 49.8. The lowest BCUT2D eigenvalue weighted by molar-refractivity contribution is 0.661. The molecule has 0 unspecified atom stereocenters. The number of fused-ring (bicyclic) bond motifs is 7. The van der Waals surface area contributed by atoms with Crippen LogP contribution in [0.3, 0.4) is 0 Å². The predicted octanol–water partition coefficient (Wildman–Crippen LogP) is 10.4. The first-order chi connectivity index (χ1) is 21.6. The second-order valence-corrected chi connectivity index (χ2v) is 12.3. The normalized spacial score (nSPS) is 13.4. The van der Waals surface area contributed by atoms with Gasteiger partial charge in [-0.15, -0.1) is 0 Å². The van der Waals surface area contributed by atoms with Crippen LogP contribution in [-0.4, -0.2) is 14.5 Å². The number of hydrogen-bond acceptors (Lipinski definition) is 2. The van der Waals surface area contributed by atoms with Gasteiger partial charge in [0.25, 0.3) is 0 Å². The van der Waals surface area contributed by atoms with Crippen molar-refractivity contribution in [1.29, 1.82) is 0 Å². The van der Waals surface area contributed by atoms with Gasteiger partial charge in [-0.1, -0.05) is 117 Å². The van der Waals surface area contributed by atoms with Gasteiger partial charge in [0, 0.05) is 27.3 Å². The van der Waals surface area contributed by atoms with Crippen molar-refractivity contribution < 1.29 is 0 Å². The maximum atomic E-state index is 5.21. The molecule has 0 saturated heterocycles. The first-order valence-electron chi connectivity index (χ1n) is 15.2. The summed E-state index contributed by atoms with van der Waals surface area (Å²) in [5.41, 5.74) is 11.5. The number of para-hydroxylation sites is 1. The van der Waals surface area contributed by atoms with Crippen LogP contribution < -0.4 is 0 Å². The summed E-state index contributed by atoms with van der Waals surface area (Å²) in [5.74, 6) is 0.670. The molecule has 6 aromatic carbocycles. The van der Waals surface area contributed by atoms with E-state index >= 15 is 0 Å². The molecule has 0 spiro atoms. The second kappa shape index (κ2) is 9.23. The Hall–Kier alpha value is -5.54. The summed E-state index contributed by atoms with van der Waals surface area (Å²) in [5, 5.41) is 4.87. The van der Waals surface area contributed by atoms with Crippen molar-refractivity contribution in [3.63, 3.8) is 0 Å². The molecule has 1 aliphatic carbocycles. The molecule has 8 aromatic rings. The van der Waals surface area contributed by atoms with Gasteiger partial charge >= 0.3 is 0 Å². The standard InChI is InChI=1S/C41H29N3/c1-41(2)34-19-11-9-17-30(34)32-21-29-24-39-33(22-28(29)23-35(32)41)31-18-10-12-20-38(31)44(39)40-42-36(26-13-5-3-6-14-26)25-37(43-40)27-15-7-4-8-16-27/h3-25H,1-2H3. The zero-order valence-corrected chi connectivity index (χ0v) is 24.6. The van der Waals surface area contributed by atoms with Gasteiger partial charge in [-0.3, -0.25) is 4.57 Å². The van der Waals surface area contributed by atoms with Gasteiger partial charge in [0.2, 0.25) is 5.95 Å². The molecule has 0 N–H and O–H groups in total. The lowest BCUT2D eigenvalue weighted by Gasteiger charge is -2.21. The van der Waals surface area contributed by atoms with E-state index in [1.54, 1.807) is 0 Å². The molecule has 0 amide bonds. The third kappa shape index (κ3) is 3.62. The minimum Gasteiger partial charge on any atom is -0.278 e. The Bertz CT molecular complexity index is 2340. The van der Waals surface area contributed by atoms with E-state index in [4.69, 9.17) is 9.97 Å². The summed E-state index contributed by atoms with van der Waals surface area (Å²) >= 11 is 0. The molecule has 9 rings (SSSR count). The smallest absolute Gasteiger partial charge is 0.235 e. The summed E-state index contributed by atoms with van der Waals surface area (Å²) in [6.07, 6.45) is 0. The Balaban J connectivity index is 1.35. The first kappa shape index (κ1) is 25.0. The molecule has 0 fully saturated rings. The minimum absolute atomic E-state index is 0.0391. The van der Waals surface area contributed by atoms with Crippen molar-refractivity contribution >= 4 is 32.6 Å². The molecule has 0 radical (unpaired) electrons. The highest BCUT2D eigenvalue weighted by Crippen LogP contribution is 2.50. The number of benzene rings is 6. The van der Waals surface area contributed by atoms with Crippen LogP contribution >= 0.6 is 0 Å². The lowest BCUT2D eigenvalue weighted by atomic mass is 9.82. The van der Waals surface area contributed by atoms with Gasteiger partial charge in [-0.25, -0.2) is 9.97 Å². The Kier molecular flexibility index (Phi) is 5.24. The van der Waals surface area contributed by atoms with Crippen molar-refractivity contribution in [2.45, 2.75) is 19.3 Å². The van der Waals surface area contributed by atoms with Crippen molar-refractivity contribution in [3.05, 3.63) is 151 Å². The van der Waals surface area contributed by atoms with Crippen molar-refractivity contribution in [2.24, 2.45) is 0 Å². The van der Waals surface area contributed by atoms with Crippen LogP contribution in [0.5, 0.6) is 0 Å². The molecule has 0 aliphatic heterocycles. The Morgan fingerprint density at radius 2 is 1.09 bits per heavy atom. The number of rotatable bonds is 3. The zero-order chi connectivity index (χ0) is 29.4. The van der Waals surface area contributed by atoms with Gasteiger partial charge in [-0.05, 0) is 69.4 Å². The van der Waals surface area contributed by atoms with E-state index < -0.39 is 0 Å². The molecule has 0 atom stereocenters. The van der Waals surface area contributed by atoms with Crippen molar-refractivity contribution in [1.82, 2.24) is 14.5 Å². The highest BCUT2D eigenvalue weighted by Gasteiger charge is 2.35. The zero-order valence-electron chi connectivity index (χ0n) is 24.6. The molecule has 3 heteroatoms. The summed E-state index contributed by atoms with van der Waals surface area (Å²) in [7, 11) is 0. The summed E-state index contributed by atoms with van der Waals surface area (Å²) in [6.45, 7) is 4.69. The summed E-state index contributed by atoms with van der Waals surface area (Å²) < 4.78 is 2.24. The Morgan fingerprint density at radius 1 is 0.477 bits per heavy atom. The van der Waals surface area contributed by atoms with Crippen LogP contribution in [0, 0.1) is 0 Å². The van der Waals surface area contributed by atoms with E-state index in [1.807, 2.05) is 12.1 Å². The van der Waals surface area contributed by atoms with E-state index in [-0.39, 0.29) is 5.41 Å². The van der Waals surface area contributed by atoms with E-state index in [0.717, 1.165) is 33.5 Å². The third-order valence-corrected chi connectivity index (χ3v) is 9.38. The average Bonchev–Trinajstić information content (AvgIpc) is 3.51. The topological polar surface area (TPSA) is 30.7 Å². The van der Waals surface area contributed by atoms with E-state index in [2.05, 4.69) is 146 Å². The monoisotopic (exact) mass is 563 g/mol. The van der Waals surface area contributed by atoms with Crippen LogP contribution in [0.15, 0.2) is 140 Å². The van der Waals surface area contributed by atoms with Crippen molar-refractivity contribution in [3.8, 4) is 39.6 Å². The fraction of sp³-hybridized carbons (Fsp3) is 0.0732. The molecule has 44 heavy (non-hydrogen) atoms. The van der Waals surface area contributed by atoms with E-state index in [0.29, 0.717) is 5.95 Å². The van der Waals surface area contributed by atoms with E-state index in [1.165, 1.54) is 43.8 Å². The van der Waals surface area contributed by atoms with Crippen molar-refractivity contribution in [2.75, 3.05) is 0 Å². The molecule has 0 saturated carbocycles. The van der Waals surface area contributed by atoms with Gasteiger partial charge in [0.1, 0.15) is 0 Å². The van der Waals surface area contributed by atoms with Crippen LogP contribution in [-0.2, 0) is 5.41 Å². The van der Waals surface area contributed by atoms with Crippen LogP contribution in [0.2, 0.25) is 0 Å². The van der Waals surface area contributed by atoms with Gasteiger partial charge in [-0.2, -0.15) is 0 Å². The fourth-order valence-corrected chi connectivity index (χ4v) is 7.18. The largest absolute Gasteiger partial charge is 0.278 e. The maximum absolute atomic E-state index is 5.21. The first-order valence-corrected chi connectivity index (χ1v) is 15.2. The minimum atomic E-state index is -0.0391. The molecule has 2 heterocycles. The Labute approximate surface area is 256 Å². The second-order valence-electron chi connectivity index (χ2n) is 12.3. The third-order valence-electron chi connectivity index (χ3n) is 9.38. The lowest BCUT2D eigenvalue weighted by Crippen LogP contribution is -2.14. The number of aromatic nitrogens is 3. The van der Waals surface area contributed by atoms with Crippen LogP contribution in [0.1, 0.15) is 25.0 Å². The highest BCUT2D eigenvalue weighted by atomic mass is 15.2. The fourth-order valence-electron chi connectivity index (χ4n) is 7.18. The molecular formula is C41H29N3. The molecule has 1 aliphatic rings. The summed E-state index contributed by atoms with van der Waals surface area (Å²) in [4.78, 5) is 10.4. The molecular weight excluding hydrogens is 534 g/mol. The van der Waals surface area contributed by atoms with Gasteiger partial charge in [0.15, 0.2) is 0 Å². The molecule has 2 aromatic heterocycles. The van der Waals surface area contributed by atoms with Gasteiger partial charge < -0.3 is 0 Å².